The Balaban J connectivity index is 2.32. The summed E-state index contributed by atoms with van der Waals surface area (Å²) in [5.41, 5.74) is 0.959. The number of benzene rings is 1. The van der Waals surface area contributed by atoms with E-state index in [0.29, 0.717) is 17.7 Å². The van der Waals surface area contributed by atoms with Gasteiger partial charge in [-0.3, -0.25) is 9.69 Å². The summed E-state index contributed by atoms with van der Waals surface area (Å²) in [7, 11) is -3.31. The molecular weight excluding hydrogens is 306 g/mol. The fourth-order valence-electron chi connectivity index (χ4n) is 2.41. The molecule has 0 saturated carbocycles. The SMILES string of the molecule is CC(C)(C)OCN1Cc2cc(S(C)(=O)=O)ccc2C1C(=O)O. The van der Waals surface area contributed by atoms with E-state index in [-0.39, 0.29) is 17.2 Å². The van der Waals surface area contributed by atoms with Gasteiger partial charge in [-0.1, -0.05) is 6.07 Å². The Bertz CT molecular complexity index is 690. The second kappa shape index (κ2) is 5.64. The van der Waals surface area contributed by atoms with Gasteiger partial charge in [0.2, 0.25) is 0 Å². The molecule has 0 aromatic heterocycles. The maximum Gasteiger partial charge on any atom is 0.325 e. The van der Waals surface area contributed by atoms with Crippen LogP contribution in [-0.2, 0) is 25.9 Å². The number of rotatable bonds is 4. The lowest BCUT2D eigenvalue weighted by molar-refractivity contribution is -0.148. The smallest absolute Gasteiger partial charge is 0.325 e. The lowest BCUT2D eigenvalue weighted by Gasteiger charge is -2.27. The molecule has 1 aliphatic rings. The van der Waals surface area contributed by atoms with Crippen molar-refractivity contribution < 1.29 is 23.1 Å². The molecule has 1 N–H and O–H groups in total. The number of aliphatic carboxylic acids is 1. The minimum Gasteiger partial charge on any atom is -0.480 e. The first-order chi connectivity index (χ1) is 9.99. The van der Waals surface area contributed by atoms with Crippen LogP contribution in [-0.4, -0.2) is 43.0 Å². The van der Waals surface area contributed by atoms with Crippen LogP contribution >= 0.6 is 0 Å². The molecule has 1 aromatic rings. The normalized spacial score (nSPS) is 19.2. The summed E-state index contributed by atoms with van der Waals surface area (Å²) in [6.07, 6.45) is 1.14. The molecule has 0 aliphatic carbocycles. The molecule has 6 nitrogen and oxygen atoms in total. The average molecular weight is 327 g/mol. The van der Waals surface area contributed by atoms with Gasteiger partial charge in [-0.2, -0.15) is 0 Å². The molecule has 0 spiro atoms. The van der Waals surface area contributed by atoms with Crippen molar-refractivity contribution in [3.8, 4) is 0 Å². The molecule has 0 saturated heterocycles. The number of fused-ring (bicyclic) bond motifs is 1. The lowest BCUT2D eigenvalue weighted by Crippen LogP contribution is -2.34. The van der Waals surface area contributed by atoms with Crippen molar-refractivity contribution in [2.24, 2.45) is 0 Å². The average Bonchev–Trinajstić information content (AvgIpc) is 2.71. The van der Waals surface area contributed by atoms with E-state index in [4.69, 9.17) is 4.74 Å². The van der Waals surface area contributed by atoms with Crippen molar-refractivity contribution in [2.45, 2.75) is 43.9 Å². The van der Waals surface area contributed by atoms with Gasteiger partial charge in [-0.15, -0.1) is 0 Å². The van der Waals surface area contributed by atoms with E-state index in [2.05, 4.69) is 0 Å². The molecule has 1 unspecified atom stereocenters. The van der Waals surface area contributed by atoms with Crippen LogP contribution in [0.25, 0.3) is 0 Å². The molecule has 122 valence electrons. The fraction of sp³-hybridized carbons (Fsp3) is 0.533. The van der Waals surface area contributed by atoms with E-state index < -0.39 is 21.8 Å². The largest absolute Gasteiger partial charge is 0.480 e. The molecule has 0 radical (unpaired) electrons. The molecule has 0 bridgehead atoms. The van der Waals surface area contributed by atoms with E-state index in [1.54, 1.807) is 17.0 Å². The Morgan fingerprint density at radius 1 is 1.41 bits per heavy atom. The van der Waals surface area contributed by atoms with Gasteiger partial charge in [0.25, 0.3) is 0 Å². The van der Waals surface area contributed by atoms with Crippen molar-refractivity contribution in [3.05, 3.63) is 29.3 Å². The maximum atomic E-state index is 11.6. The summed E-state index contributed by atoms with van der Waals surface area (Å²) >= 11 is 0. The van der Waals surface area contributed by atoms with Crippen LogP contribution in [0.4, 0.5) is 0 Å². The summed E-state index contributed by atoms with van der Waals surface area (Å²) < 4.78 is 28.9. The number of ether oxygens (including phenoxy) is 1. The van der Waals surface area contributed by atoms with Gasteiger partial charge >= 0.3 is 5.97 Å². The van der Waals surface area contributed by atoms with Crippen molar-refractivity contribution >= 4 is 15.8 Å². The zero-order valence-corrected chi connectivity index (χ0v) is 14.0. The van der Waals surface area contributed by atoms with Gasteiger partial charge in [0.15, 0.2) is 9.84 Å². The van der Waals surface area contributed by atoms with E-state index in [1.165, 1.54) is 6.07 Å². The van der Waals surface area contributed by atoms with Gasteiger partial charge in [0.1, 0.15) is 12.8 Å². The topological polar surface area (TPSA) is 83.9 Å². The molecule has 0 fully saturated rings. The van der Waals surface area contributed by atoms with Crippen molar-refractivity contribution in [1.82, 2.24) is 4.90 Å². The van der Waals surface area contributed by atoms with E-state index in [9.17, 15) is 18.3 Å². The Labute approximate surface area is 130 Å². The first kappa shape index (κ1) is 16.9. The Hall–Kier alpha value is -1.44. The van der Waals surface area contributed by atoms with Crippen molar-refractivity contribution in [2.75, 3.05) is 13.0 Å². The molecular formula is C15H21NO5S. The second-order valence-corrected chi connectivity index (χ2v) is 8.52. The van der Waals surface area contributed by atoms with Crippen molar-refractivity contribution in [1.29, 1.82) is 0 Å². The van der Waals surface area contributed by atoms with E-state index in [1.807, 2.05) is 20.8 Å². The highest BCUT2D eigenvalue weighted by Gasteiger charge is 2.36. The highest BCUT2D eigenvalue weighted by atomic mass is 32.2. The molecule has 2 rings (SSSR count). The Morgan fingerprint density at radius 2 is 2.05 bits per heavy atom. The first-order valence-corrected chi connectivity index (χ1v) is 8.82. The summed E-state index contributed by atoms with van der Waals surface area (Å²) in [6, 6.07) is 3.78. The molecule has 0 amide bonds. The summed E-state index contributed by atoms with van der Waals surface area (Å²) in [6.45, 7) is 6.21. The number of nitrogens with zero attached hydrogens (tertiary/aromatic N) is 1. The van der Waals surface area contributed by atoms with Gasteiger partial charge in [-0.25, -0.2) is 8.42 Å². The van der Waals surface area contributed by atoms with E-state index in [0.717, 1.165) is 6.26 Å². The van der Waals surface area contributed by atoms with Crippen LogP contribution < -0.4 is 0 Å². The molecule has 1 atom stereocenters. The molecule has 7 heteroatoms. The summed E-state index contributed by atoms with van der Waals surface area (Å²) in [4.78, 5) is 13.5. The minimum atomic E-state index is -3.31. The molecule has 22 heavy (non-hydrogen) atoms. The van der Waals surface area contributed by atoms with E-state index >= 15 is 0 Å². The predicted octanol–water partition coefficient (Wildman–Crippen LogP) is 1.80. The number of hydrogen-bond acceptors (Lipinski definition) is 5. The number of hydrogen-bond donors (Lipinski definition) is 1. The third-order valence-corrected chi connectivity index (χ3v) is 4.58. The van der Waals surface area contributed by atoms with Gasteiger partial charge in [0.05, 0.1) is 10.5 Å². The van der Waals surface area contributed by atoms with Crippen molar-refractivity contribution in [3.63, 3.8) is 0 Å². The Morgan fingerprint density at radius 3 is 2.55 bits per heavy atom. The van der Waals surface area contributed by atoms with Gasteiger partial charge in [0, 0.05) is 12.8 Å². The second-order valence-electron chi connectivity index (χ2n) is 6.51. The lowest BCUT2D eigenvalue weighted by atomic mass is 10.1. The summed E-state index contributed by atoms with van der Waals surface area (Å²) in [5.74, 6) is -0.969. The monoisotopic (exact) mass is 327 g/mol. The van der Waals surface area contributed by atoms with Crippen LogP contribution in [0.1, 0.15) is 37.9 Å². The highest BCUT2D eigenvalue weighted by Crippen LogP contribution is 2.35. The quantitative estimate of drug-likeness (QED) is 0.908. The fourth-order valence-corrected chi connectivity index (χ4v) is 3.08. The zero-order chi connectivity index (χ0) is 16.7. The van der Waals surface area contributed by atoms with Crippen LogP contribution in [0.5, 0.6) is 0 Å². The summed E-state index contributed by atoms with van der Waals surface area (Å²) in [5, 5.41) is 9.47. The standard InChI is InChI=1S/C15H21NO5S/c1-15(2,3)21-9-16-8-10-7-11(22(4,19)20)5-6-12(10)13(16)14(17)18/h5-7,13H,8-9H2,1-4H3,(H,17,18). The highest BCUT2D eigenvalue weighted by molar-refractivity contribution is 7.90. The first-order valence-electron chi connectivity index (χ1n) is 6.93. The number of sulfone groups is 1. The minimum absolute atomic E-state index is 0.170. The third kappa shape index (κ3) is 3.66. The molecule has 1 aliphatic heterocycles. The Kier molecular flexibility index (Phi) is 4.34. The van der Waals surface area contributed by atoms with Gasteiger partial charge in [-0.05, 0) is 44.0 Å². The number of carboxylic acids is 1. The van der Waals surface area contributed by atoms with Crippen LogP contribution in [0.3, 0.4) is 0 Å². The van der Waals surface area contributed by atoms with Crippen LogP contribution in [0.15, 0.2) is 23.1 Å². The van der Waals surface area contributed by atoms with Crippen LogP contribution in [0.2, 0.25) is 0 Å². The number of carboxylic acid groups (broad SMARTS) is 1. The van der Waals surface area contributed by atoms with Crippen LogP contribution in [0, 0.1) is 0 Å². The third-order valence-electron chi connectivity index (χ3n) is 3.47. The predicted molar refractivity (Wildman–Crippen MR) is 81.2 cm³/mol. The maximum absolute atomic E-state index is 11.6. The molecule has 1 aromatic carbocycles. The zero-order valence-electron chi connectivity index (χ0n) is 13.2. The number of carbonyl (C=O) groups is 1. The molecule has 1 heterocycles. The van der Waals surface area contributed by atoms with Gasteiger partial charge < -0.3 is 9.84 Å².